The van der Waals surface area contributed by atoms with Crippen molar-refractivity contribution in [2.45, 2.75) is 40.0 Å². The molecule has 0 aromatic heterocycles. The number of para-hydroxylation sites is 1. The zero-order valence-electron chi connectivity index (χ0n) is 12.2. The molecule has 0 unspecified atom stereocenters. The molecule has 0 radical (unpaired) electrons. The summed E-state index contributed by atoms with van der Waals surface area (Å²) < 4.78 is 0. The van der Waals surface area contributed by atoms with E-state index in [0.717, 1.165) is 19.6 Å². The van der Waals surface area contributed by atoms with E-state index in [1.807, 2.05) is 0 Å². The lowest BCUT2D eigenvalue weighted by Gasteiger charge is -2.25. The highest BCUT2D eigenvalue weighted by atomic mass is 15.1. The second kappa shape index (κ2) is 8.98. The summed E-state index contributed by atoms with van der Waals surface area (Å²) in [6.07, 6.45) is 3.89. The standard InChI is InChI=1S/C16H28N2/c1-4-17-13-9-6-10-14-18(5-2)16-12-8-7-11-15(16)3/h7-8,11-12,17H,4-6,9-10,13-14H2,1-3H3. The number of nitrogens with one attached hydrogen (secondary N) is 1. The van der Waals surface area contributed by atoms with E-state index in [4.69, 9.17) is 0 Å². The molecule has 0 heterocycles. The van der Waals surface area contributed by atoms with Gasteiger partial charge >= 0.3 is 0 Å². The average molecular weight is 248 g/mol. The lowest BCUT2D eigenvalue weighted by molar-refractivity contribution is 0.609. The van der Waals surface area contributed by atoms with Crippen molar-refractivity contribution in [1.82, 2.24) is 5.32 Å². The van der Waals surface area contributed by atoms with Gasteiger partial charge in [-0.15, -0.1) is 0 Å². The number of rotatable bonds is 9. The first-order chi connectivity index (χ1) is 8.79. The molecule has 0 aliphatic heterocycles. The number of nitrogens with zero attached hydrogens (tertiary/aromatic N) is 1. The molecular weight excluding hydrogens is 220 g/mol. The first kappa shape index (κ1) is 15.0. The molecule has 1 rings (SSSR count). The number of unbranched alkanes of at least 4 members (excludes halogenated alkanes) is 2. The van der Waals surface area contributed by atoms with E-state index in [1.54, 1.807) is 0 Å². The Morgan fingerprint density at radius 1 is 1.06 bits per heavy atom. The molecule has 2 nitrogen and oxygen atoms in total. The van der Waals surface area contributed by atoms with Gasteiger partial charge in [-0.1, -0.05) is 31.5 Å². The summed E-state index contributed by atoms with van der Waals surface area (Å²) in [6, 6.07) is 8.68. The Hall–Kier alpha value is -1.02. The number of aryl methyl sites for hydroxylation is 1. The number of hydrogen-bond donors (Lipinski definition) is 1. The first-order valence-corrected chi connectivity index (χ1v) is 7.30. The van der Waals surface area contributed by atoms with Gasteiger partial charge in [-0.25, -0.2) is 0 Å². The molecule has 102 valence electrons. The van der Waals surface area contributed by atoms with Crippen LogP contribution in [-0.2, 0) is 0 Å². The van der Waals surface area contributed by atoms with Crippen LogP contribution in [0.25, 0.3) is 0 Å². The van der Waals surface area contributed by atoms with Crippen LogP contribution in [-0.4, -0.2) is 26.2 Å². The van der Waals surface area contributed by atoms with Crippen molar-refractivity contribution in [2.75, 3.05) is 31.1 Å². The topological polar surface area (TPSA) is 15.3 Å². The Kier molecular flexibility index (Phi) is 7.51. The van der Waals surface area contributed by atoms with Gasteiger partial charge in [-0.05, 0) is 51.4 Å². The summed E-state index contributed by atoms with van der Waals surface area (Å²) in [5.74, 6) is 0. The second-order valence-electron chi connectivity index (χ2n) is 4.78. The van der Waals surface area contributed by atoms with E-state index in [1.165, 1.54) is 37.1 Å². The fourth-order valence-corrected chi connectivity index (χ4v) is 2.27. The van der Waals surface area contributed by atoms with Crippen molar-refractivity contribution >= 4 is 5.69 Å². The predicted octanol–water partition coefficient (Wildman–Crippen LogP) is 3.60. The lowest BCUT2D eigenvalue weighted by Crippen LogP contribution is -2.24. The van der Waals surface area contributed by atoms with Crippen LogP contribution in [0.5, 0.6) is 0 Å². The van der Waals surface area contributed by atoms with Crippen molar-refractivity contribution in [1.29, 1.82) is 0 Å². The minimum Gasteiger partial charge on any atom is -0.372 e. The zero-order chi connectivity index (χ0) is 13.2. The molecule has 18 heavy (non-hydrogen) atoms. The number of anilines is 1. The third kappa shape index (κ3) is 5.09. The van der Waals surface area contributed by atoms with Crippen LogP contribution in [0.1, 0.15) is 38.7 Å². The summed E-state index contributed by atoms with van der Waals surface area (Å²) in [7, 11) is 0. The van der Waals surface area contributed by atoms with Crippen molar-refractivity contribution in [3.63, 3.8) is 0 Å². The maximum atomic E-state index is 3.38. The fourth-order valence-electron chi connectivity index (χ4n) is 2.27. The summed E-state index contributed by atoms with van der Waals surface area (Å²) >= 11 is 0. The van der Waals surface area contributed by atoms with Crippen LogP contribution >= 0.6 is 0 Å². The molecule has 1 aromatic rings. The van der Waals surface area contributed by atoms with Crippen LogP contribution in [0.3, 0.4) is 0 Å². The summed E-state index contributed by atoms with van der Waals surface area (Å²) in [5, 5.41) is 3.38. The van der Waals surface area contributed by atoms with Gasteiger partial charge < -0.3 is 10.2 Å². The van der Waals surface area contributed by atoms with E-state index in [2.05, 4.69) is 55.3 Å². The predicted molar refractivity (Wildman–Crippen MR) is 81.5 cm³/mol. The minimum absolute atomic E-state index is 1.09. The zero-order valence-corrected chi connectivity index (χ0v) is 12.2. The van der Waals surface area contributed by atoms with Gasteiger partial charge in [0.2, 0.25) is 0 Å². The van der Waals surface area contributed by atoms with Crippen LogP contribution in [0.15, 0.2) is 24.3 Å². The highest BCUT2D eigenvalue weighted by Gasteiger charge is 2.05. The monoisotopic (exact) mass is 248 g/mol. The lowest BCUT2D eigenvalue weighted by atomic mass is 10.1. The molecule has 0 aliphatic rings. The largest absolute Gasteiger partial charge is 0.372 e. The molecule has 0 saturated heterocycles. The Morgan fingerprint density at radius 2 is 1.83 bits per heavy atom. The van der Waals surface area contributed by atoms with Gasteiger partial charge in [0.15, 0.2) is 0 Å². The van der Waals surface area contributed by atoms with E-state index >= 15 is 0 Å². The smallest absolute Gasteiger partial charge is 0.0395 e. The maximum Gasteiger partial charge on any atom is 0.0395 e. The second-order valence-corrected chi connectivity index (χ2v) is 4.78. The molecule has 0 spiro atoms. The minimum atomic E-state index is 1.09. The van der Waals surface area contributed by atoms with Gasteiger partial charge in [0.05, 0.1) is 0 Å². The van der Waals surface area contributed by atoms with Crippen molar-refractivity contribution < 1.29 is 0 Å². The molecule has 0 saturated carbocycles. The van der Waals surface area contributed by atoms with Gasteiger partial charge in [-0.2, -0.15) is 0 Å². The third-order valence-electron chi connectivity index (χ3n) is 3.37. The molecule has 0 aliphatic carbocycles. The molecule has 1 N–H and O–H groups in total. The normalized spacial score (nSPS) is 10.6. The van der Waals surface area contributed by atoms with Crippen LogP contribution in [0.4, 0.5) is 5.69 Å². The highest BCUT2D eigenvalue weighted by Crippen LogP contribution is 2.19. The van der Waals surface area contributed by atoms with E-state index in [-0.39, 0.29) is 0 Å². The number of hydrogen-bond acceptors (Lipinski definition) is 2. The molecule has 0 atom stereocenters. The van der Waals surface area contributed by atoms with E-state index < -0.39 is 0 Å². The first-order valence-electron chi connectivity index (χ1n) is 7.30. The van der Waals surface area contributed by atoms with Crippen molar-refractivity contribution in [2.24, 2.45) is 0 Å². The molecule has 0 fully saturated rings. The Morgan fingerprint density at radius 3 is 2.50 bits per heavy atom. The van der Waals surface area contributed by atoms with Gasteiger partial charge in [0, 0.05) is 18.8 Å². The summed E-state index contributed by atoms with van der Waals surface area (Å²) in [4.78, 5) is 2.49. The van der Waals surface area contributed by atoms with Crippen molar-refractivity contribution in [3.8, 4) is 0 Å². The van der Waals surface area contributed by atoms with Crippen LogP contribution in [0.2, 0.25) is 0 Å². The maximum absolute atomic E-state index is 3.38. The van der Waals surface area contributed by atoms with Crippen LogP contribution < -0.4 is 10.2 Å². The van der Waals surface area contributed by atoms with Gasteiger partial charge in [0.1, 0.15) is 0 Å². The number of benzene rings is 1. The Balaban J connectivity index is 2.32. The molecule has 1 aromatic carbocycles. The Labute approximate surface area is 112 Å². The van der Waals surface area contributed by atoms with E-state index in [9.17, 15) is 0 Å². The van der Waals surface area contributed by atoms with Gasteiger partial charge in [-0.3, -0.25) is 0 Å². The summed E-state index contributed by atoms with van der Waals surface area (Å²) in [5.41, 5.74) is 2.78. The fraction of sp³-hybridized carbons (Fsp3) is 0.625. The van der Waals surface area contributed by atoms with Crippen LogP contribution in [0, 0.1) is 6.92 Å². The Bertz CT molecular complexity index is 323. The molecule has 2 heteroatoms. The van der Waals surface area contributed by atoms with Crippen molar-refractivity contribution in [3.05, 3.63) is 29.8 Å². The third-order valence-corrected chi connectivity index (χ3v) is 3.37. The summed E-state index contributed by atoms with van der Waals surface area (Å²) in [6.45, 7) is 11.1. The SMILES string of the molecule is CCNCCCCCN(CC)c1ccccc1C. The average Bonchev–Trinajstić information content (AvgIpc) is 2.39. The molecule has 0 bridgehead atoms. The highest BCUT2D eigenvalue weighted by molar-refractivity contribution is 5.52. The van der Waals surface area contributed by atoms with Gasteiger partial charge in [0.25, 0.3) is 0 Å². The quantitative estimate of drug-likeness (QED) is 0.672. The molecule has 0 amide bonds. The van der Waals surface area contributed by atoms with E-state index in [0.29, 0.717) is 0 Å². The molecular formula is C16H28N2.